The minimum absolute atomic E-state index is 0.125. The molecule has 11 heteroatoms. The fraction of sp³-hybridized carbons (Fsp3) is 0.280. The first-order chi connectivity index (χ1) is 17.2. The van der Waals surface area contributed by atoms with Crippen molar-refractivity contribution in [3.05, 3.63) is 69.2 Å². The summed E-state index contributed by atoms with van der Waals surface area (Å²) in [6.07, 6.45) is 4.92. The van der Waals surface area contributed by atoms with Crippen LogP contribution in [0.25, 0.3) is 16.2 Å². The van der Waals surface area contributed by atoms with Crippen molar-refractivity contribution in [3.63, 3.8) is 0 Å². The summed E-state index contributed by atoms with van der Waals surface area (Å²) in [5.41, 5.74) is 1.77. The fourth-order valence-electron chi connectivity index (χ4n) is 4.25. The molecule has 36 heavy (non-hydrogen) atoms. The van der Waals surface area contributed by atoms with E-state index in [2.05, 4.69) is 9.97 Å². The van der Waals surface area contributed by atoms with Crippen molar-refractivity contribution in [2.75, 3.05) is 37.0 Å². The number of anilines is 2. The predicted octanol–water partition coefficient (Wildman–Crippen LogP) is 2.56. The maximum atomic E-state index is 12.9. The highest BCUT2D eigenvalue weighted by Gasteiger charge is 2.34. The summed E-state index contributed by atoms with van der Waals surface area (Å²) in [5.74, 6) is -0.677. The lowest BCUT2D eigenvalue weighted by molar-refractivity contribution is -0.123. The first-order valence-corrected chi connectivity index (χ1v) is 12.2. The number of aryl methyl sites for hydroxylation is 1. The van der Waals surface area contributed by atoms with E-state index in [4.69, 9.17) is 4.98 Å². The number of thiazole rings is 1. The Labute approximate surface area is 210 Å². The van der Waals surface area contributed by atoms with Gasteiger partial charge in [-0.2, -0.15) is 0 Å². The van der Waals surface area contributed by atoms with E-state index in [0.29, 0.717) is 35.2 Å². The summed E-state index contributed by atoms with van der Waals surface area (Å²) in [6, 6.07) is 5.59. The molecule has 5 heterocycles. The van der Waals surface area contributed by atoms with Gasteiger partial charge >= 0.3 is 5.97 Å². The van der Waals surface area contributed by atoms with Gasteiger partial charge in [0.1, 0.15) is 17.2 Å². The van der Waals surface area contributed by atoms with Crippen LogP contribution in [0.4, 0.5) is 11.5 Å². The zero-order chi connectivity index (χ0) is 25.6. The number of hydrogen-bond acceptors (Lipinski definition) is 9. The monoisotopic (exact) mass is 504 g/mol. The highest BCUT2D eigenvalue weighted by atomic mass is 32.1. The Morgan fingerprint density at radius 3 is 2.61 bits per heavy atom. The molecule has 0 spiro atoms. The van der Waals surface area contributed by atoms with Crippen molar-refractivity contribution in [1.82, 2.24) is 19.5 Å². The van der Waals surface area contributed by atoms with Crippen LogP contribution < -0.4 is 15.2 Å². The zero-order valence-corrected chi connectivity index (χ0v) is 20.8. The number of carboxylic acid groups (broad SMARTS) is 1. The van der Waals surface area contributed by atoms with Crippen LogP contribution in [0.15, 0.2) is 47.0 Å². The fourth-order valence-corrected chi connectivity index (χ4v) is 4.87. The van der Waals surface area contributed by atoms with E-state index >= 15 is 0 Å². The molecule has 4 aromatic rings. The van der Waals surface area contributed by atoms with E-state index < -0.39 is 11.4 Å². The van der Waals surface area contributed by atoms with E-state index in [1.165, 1.54) is 17.5 Å². The highest BCUT2D eigenvalue weighted by molar-refractivity contribution is 7.12. The first kappa shape index (κ1) is 23.6. The molecule has 4 aromatic heterocycles. The van der Waals surface area contributed by atoms with Crippen molar-refractivity contribution in [1.29, 1.82) is 0 Å². The first-order valence-electron chi connectivity index (χ1n) is 11.3. The Morgan fingerprint density at radius 1 is 1.22 bits per heavy atom. The lowest BCUT2D eigenvalue weighted by Crippen LogP contribution is -2.51. The smallest absolute Gasteiger partial charge is 0.341 e. The summed E-state index contributed by atoms with van der Waals surface area (Å²) >= 11 is 1.31. The summed E-state index contributed by atoms with van der Waals surface area (Å²) < 4.78 is 1.55. The molecular weight excluding hydrogens is 480 g/mol. The number of aromatic nitrogens is 4. The quantitative estimate of drug-likeness (QED) is 0.405. The molecule has 0 aliphatic carbocycles. The molecule has 0 unspecified atom stereocenters. The van der Waals surface area contributed by atoms with Crippen molar-refractivity contribution in [2.24, 2.45) is 5.92 Å². The number of pyridine rings is 3. The normalized spacial score (nSPS) is 13.6. The summed E-state index contributed by atoms with van der Waals surface area (Å²) in [7, 11) is 3.88. The summed E-state index contributed by atoms with van der Waals surface area (Å²) in [6.45, 7) is 2.79. The lowest BCUT2D eigenvalue weighted by atomic mass is 9.92. The largest absolute Gasteiger partial charge is 0.477 e. The molecule has 0 saturated carbocycles. The predicted molar refractivity (Wildman–Crippen MR) is 138 cm³/mol. The number of carboxylic acids is 1. The summed E-state index contributed by atoms with van der Waals surface area (Å²) in [4.78, 5) is 54.8. The number of Topliss-reactive ketones (excluding diaryl/α,β-unsaturated/α-hetero) is 1. The number of fused-ring (bicyclic) bond motifs is 1. The Bertz CT molecular complexity index is 1520. The van der Waals surface area contributed by atoms with E-state index in [1.807, 2.05) is 36.0 Å². The van der Waals surface area contributed by atoms with Gasteiger partial charge in [-0.25, -0.2) is 14.8 Å². The van der Waals surface area contributed by atoms with Gasteiger partial charge in [0.25, 0.3) is 0 Å². The van der Waals surface area contributed by atoms with Crippen LogP contribution in [-0.2, 0) is 11.2 Å². The third kappa shape index (κ3) is 4.22. The van der Waals surface area contributed by atoms with Crippen LogP contribution in [0.5, 0.6) is 0 Å². The Kier molecular flexibility index (Phi) is 6.00. The van der Waals surface area contributed by atoms with Crippen LogP contribution >= 0.6 is 11.3 Å². The second-order valence-electron chi connectivity index (χ2n) is 9.00. The van der Waals surface area contributed by atoms with Gasteiger partial charge in [0.05, 0.1) is 23.2 Å². The Hall–Kier alpha value is -4.12. The molecule has 0 atom stereocenters. The van der Waals surface area contributed by atoms with Crippen molar-refractivity contribution in [2.45, 2.75) is 13.3 Å². The molecule has 0 radical (unpaired) electrons. The van der Waals surface area contributed by atoms with E-state index in [-0.39, 0.29) is 29.1 Å². The molecular formula is C25H24N6O4S. The molecule has 0 amide bonds. The maximum Gasteiger partial charge on any atom is 0.341 e. The molecule has 1 N–H and O–H groups in total. The lowest BCUT2D eigenvalue weighted by Gasteiger charge is -2.39. The third-order valence-electron chi connectivity index (χ3n) is 6.34. The molecule has 1 aliphatic rings. The van der Waals surface area contributed by atoms with Gasteiger partial charge in [-0.05, 0) is 30.7 Å². The van der Waals surface area contributed by atoms with Gasteiger partial charge in [0, 0.05) is 57.1 Å². The number of nitrogens with zero attached hydrogens (tertiary/aromatic N) is 6. The Balaban J connectivity index is 1.40. The zero-order valence-electron chi connectivity index (χ0n) is 20.0. The minimum atomic E-state index is -1.30. The molecule has 5 rings (SSSR count). The number of rotatable bonds is 7. The van der Waals surface area contributed by atoms with Crippen LogP contribution in [0.1, 0.15) is 21.6 Å². The number of aromatic carboxylic acids is 1. The standard InChI is InChI=1S/C25H24N6O4S/c1-14-8-20(30-11-15(12-30)19(32)9-16-4-5-17(10-27-16)29(2)3)28-23-21(14)22(33)18(24(34)35)13-31(23)25-26-6-7-36-25/h4-8,10,13,15H,9,11-12H2,1-3H3,(H,34,35). The molecule has 0 aromatic carbocycles. The maximum absolute atomic E-state index is 12.9. The van der Waals surface area contributed by atoms with Crippen LogP contribution in [0.3, 0.4) is 0 Å². The van der Waals surface area contributed by atoms with Gasteiger partial charge < -0.3 is 14.9 Å². The topological polar surface area (TPSA) is 122 Å². The number of carbonyl (C=O) groups is 2. The molecule has 1 fully saturated rings. The molecule has 0 bridgehead atoms. The second-order valence-corrected chi connectivity index (χ2v) is 9.88. The third-order valence-corrected chi connectivity index (χ3v) is 7.11. The van der Waals surface area contributed by atoms with Gasteiger partial charge in [-0.1, -0.05) is 0 Å². The molecule has 184 valence electrons. The van der Waals surface area contributed by atoms with Crippen LogP contribution in [0, 0.1) is 12.8 Å². The van der Waals surface area contributed by atoms with E-state index in [0.717, 1.165) is 11.4 Å². The number of carbonyl (C=O) groups excluding carboxylic acids is 1. The van der Waals surface area contributed by atoms with Gasteiger partial charge in [-0.3, -0.25) is 19.1 Å². The van der Waals surface area contributed by atoms with E-state index in [9.17, 15) is 19.5 Å². The minimum Gasteiger partial charge on any atom is -0.477 e. The molecule has 1 saturated heterocycles. The van der Waals surface area contributed by atoms with Gasteiger partial charge in [0.15, 0.2) is 10.8 Å². The van der Waals surface area contributed by atoms with Gasteiger partial charge in [0.2, 0.25) is 5.43 Å². The number of hydrogen-bond donors (Lipinski definition) is 1. The SMILES string of the molecule is Cc1cc(N2CC(C(=O)Cc3ccc(N(C)C)cn3)C2)nc2c1c(=O)c(C(=O)O)cn2-c1nccs1. The Morgan fingerprint density at radius 2 is 2.00 bits per heavy atom. The highest BCUT2D eigenvalue weighted by Crippen LogP contribution is 2.29. The van der Waals surface area contributed by atoms with Crippen molar-refractivity contribution in [3.8, 4) is 5.13 Å². The second kappa shape index (κ2) is 9.15. The summed E-state index contributed by atoms with van der Waals surface area (Å²) in [5, 5.41) is 12.1. The molecule has 10 nitrogen and oxygen atoms in total. The van der Waals surface area contributed by atoms with E-state index in [1.54, 1.807) is 35.3 Å². The average molecular weight is 505 g/mol. The van der Waals surface area contributed by atoms with Crippen molar-refractivity contribution >= 4 is 45.6 Å². The average Bonchev–Trinajstić information content (AvgIpc) is 3.33. The molecule has 1 aliphatic heterocycles. The van der Waals surface area contributed by atoms with Gasteiger partial charge in [-0.15, -0.1) is 11.3 Å². The number of ketones is 1. The van der Waals surface area contributed by atoms with Crippen molar-refractivity contribution < 1.29 is 14.7 Å². The van der Waals surface area contributed by atoms with Crippen LogP contribution in [0.2, 0.25) is 0 Å². The van der Waals surface area contributed by atoms with Crippen LogP contribution in [-0.4, -0.2) is 63.6 Å².